The van der Waals surface area contributed by atoms with E-state index in [9.17, 15) is 4.79 Å². The molecule has 0 aliphatic heterocycles. The van der Waals surface area contributed by atoms with Gasteiger partial charge in [-0.25, -0.2) is 4.79 Å². The van der Waals surface area contributed by atoms with Crippen molar-refractivity contribution in [2.75, 3.05) is 6.61 Å². The molecule has 0 aliphatic carbocycles. The van der Waals surface area contributed by atoms with Crippen LogP contribution in [0, 0.1) is 0 Å². The van der Waals surface area contributed by atoms with E-state index in [1.807, 2.05) is 36.4 Å². The Morgan fingerprint density at radius 1 is 1.24 bits per heavy atom. The van der Waals surface area contributed by atoms with Gasteiger partial charge in [-0.15, -0.1) is 0 Å². The molecule has 1 aromatic carbocycles. The topological polar surface area (TPSA) is 35.5 Å². The van der Waals surface area contributed by atoms with E-state index in [4.69, 9.17) is 9.47 Å². The van der Waals surface area contributed by atoms with Gasteiger partial charge >= 0.3 is 6.16 Å². The lowest BCUT2D eigenvalue weighted by atomic mass is 10.2. The molecule has 3 nitrogen and oxygen atoms in total. The Labute approximate surface area is 102 Å². The van der Waals surface area contributed by atoms with Crippen LogP contribution in [-0.2, 0) is 9.47 Å². The van der Waals surface area contributed by atoms with Crippen LogP contribution in [0.25, 0.3) is 6.08 Å². The van der Waals surface area contributed by atoms with Crippen LogP contribution < -0.4 is 0 Å². The van der Waals surface area contributed by atoms with E-state index >= 15 is 0 Å². The average molecular weight is 234 g/mol. The molecule has 0 atom stereocenters. The minimum absolute atomic E-state index is 0.212. The highest BCUT2D eigenvalue weighted by atomic mass is 16.7. The molecule has 1 aromatic rings. The molecule has 17 heavy (non-hydrogen) atoms. The summed E-state index contributed by atoms with van der Waals surface area (Å²) < 4.78 is 9.89. The molecule has 0 aliphatic rings. The molecule has 0 spiro atoms. The Balaban J connectivity index is 2.29. The predicted octanol–water partition coefficient (Wildman–Crippen LogP) is 3.65. The molecule has 0 amide bonds. The lowest BCUT2D eigenvalue weighted by Gasteiger charge is -2.18. The summed E-state index contributed by atoms with van der Waals surface area (Å²) in [5.41, 5.74) is 0.556. The van der Waals surface area contributed by atoms with Crippen LogP contribution in [0.2, 0.25) is 0 Å². The number of hydrogen-bond acceptors (Lipinski definition) is 3. The van der Waals surface area contributed by atoms with Crippen molar-refractivity contribution in [3.8, 4) is 0 Å². The van der Waals surface area contributed by atoms with E-state index in [2.05, 4.69) is 0 Å². The molecule has 92 valence electrons. The Morgan fingerprint density at radius 3 is 2.47 bits per heavy atom. The zero-order chi connectivity index (χ0) is 12.7. The second-order valence-corrected chi connectivity index (χ2v) is 4.59. The molecular weight excluding hydrogens is 216 g/mol. The fourth-order valence-corrected chi connectivity index (χ4v) is 1.14. The summed E-state index contributed by atoms with van der Waals surface area (Å²) >= 11 is 0. The van der Waals surface area contributed by atoms with Gasteiger partial charge in [0.05, 0.1) is 0 Å². The molecule has 0 aromatic heterocycles. The van der Waals surface area contributed by atoms with E-state index in [-0.39, 0.29) is 6.61 Å². The van der Waals surface area contributed by atoms with E-state index in [1.54, 1.807) is 26.8 Å². The predicted molar refractivity (Wildman–Crippen MR) is 67.7 cm³/mol. The Morgan fingerprint density at radius 2 is 1.88 bits per heavy atom. The molecule has 3 heteroatoms. The molecule has 0 N–H and O–H groups in total. The first-order valence-electron chi connectivity index (χ1n) is 5.55. The van der Waals surface area contributed by atoms with Crippen molar-refractivity contribution in [1.29, 1.82) is 0 Å². The summed E-state index contributed by atoms with van der Waals surface area (Å²) in [7, 11) is 0. The quantitative estimate of drug-likeness (QED) is 0.749. The average Bonchev–Trinajstić information content (AvgIpc) is 2.23. The molecule has 1 rings (SSSR count). The molecule has 0 saturated heterocycles. The second-order valence-electron chi connectivity index (χ2n) is 4.59. The molecule has 0 saturated carbocycles. The van der Waals surface area contributed by atoms with Gasteiger partial charge in [-0.05, 0) is 32.4 Å². The van der Waals surface area contributed by atoms with E-state index in [0.29, 0.717) is 0 Å². The normalized spacial score (nSPS) is 11.5. The van der Waals surface area contributed by atoms with Crippen molar-refractivity contribution in [1.82, 2.24) is 0 Å². The third kappa shape index (κ3) is 6.40. The van der Waals surface area contributed by atoms with E-state index in [0.717, 1.165) is 5.56 Å². The SMILES string of the molecule is CC(C)(C)OC(=O)OC/C=C\c1ccccc1. The molecule has 0 radical (unpaired) electrons. The van der Waals surface area contributed by atoms with Crippen LogP contribution in [-0.4, -0.2) is 18.4 Å². The Bertz CT molecular complexity index is 374. The van der Waals surface area contributed by atoms with E-state index < -0.39 is 11.8 Å². The number of carbonyl (C=O) groups excluding carboxylic acids is 1. The first-order chi connectivity index (χ1) is 7.97. The highest BCUT2D eigenvalue weighted by Gasteiger charge is 2.16. The van der Waals surface area contributed by atoms with Crippen molar-refractivity contribution in [3.63, 3.8) is 0 Å². The fourth-order valence-electron chi connectivity index (χ4n) is 1.14. The van der Waals surface area contributed by atoms with Gasteiger partial charge < -0.3 is 9.47 Å². The van der Waals surface area contributed by atoms with Gasteiger partial charge in [-0.3, -0.25) is 0 Å². The molecule has 0 bridgehead atoms. The fraction of sp³-hybridized carbons (Fsp3) is 0.357. The van der Waals surface area contributed by atoms with Crippen molar-refractivity contribution in [2.45, 2.75) is 26.4 Å². The maximum absolute atomic E-state index is 11.2. The maximum Gasteiger partial charge on any atom is 0.509 e. The van der Waals surface area contributed by atoms with Crippen LogP contribution in [0.4, 0.5) is 4.79 Å². The zero-order valence-electron chi connectivity index (χ0n) is 10.5. The van der Waals surface area contributed by atoms with Gasteiger partial charge in [0.2, 0.25) is 0 Å². The highest BCUT2D eigenvalue weighted by molar-refractivity contribution is 5.60. The van der Waals surface area contributed by atoms with Gasteiger partial charge in [0.15, 0.2) is 0 Å². The summed E-state index contributed by atoms with van der Waals surface area (Å²) in [5, 5.41) is 0. The number of hydrogen-bond donors (Lipinski definition) is 0. The van der Waals surface area contributed by atoms with Gasteiger partial charge in [0.1, 0.15) is 12.2 Å². The Kier molecular flexibility index (Phi) is 4.76. The minimum Gasteiger partial charge on any atom is -0.430 e. The Hall–Kier alpha value is -1.77. The van der Waals surface area contributed by atoms with Crippen LogP contribution in [0.1, 0.15) is 26.3 Å². The lowest BCUT2D eigenvalue weighted by Crippen LogP contribution is -2.24. The van der Waals surface area contributed by atoms with Crippen LogP contribution in [0.3, 0.4) is 0 Å². The number of carbonyl (C=O) groups is 1. The smallest absolute Gasteiger partial charge is 0.430 e. The number of benzene rings is 1. The third-order valence-electron chi connectivity index (χ3n) is 1.80. The zero-order valence-corrected chi connectivity index (χ0v) is 10.5. The van der Waals surface area contributed by atoms with E-state index in [1.165, 1.54) is 0 Å². The lowest BCUT2D eigenvalue weighted by molar-refractivity contribution is -0.00234. The van der Waals surface area contributed by atoms with Gasteiger partial charge in [-0.1, -0.05) is 36.4 Å². The van der Waals surface area contributed by atoms with Crippen LogP contribution >= 0.6 is 0 Å². The van der Waals surface area contributed by atoms with Crippen LogP contribution in [0.5, 0.6) is 0 Å². The summed E-state index contributed by atoms with van der Waals surface area (Å²) in [4.78, 5) is 11.2. The third-order valence-corrected chi connectivity index (χ3v) is 1.80. The standard InChI is InChI=1S/C14H18O3/c1-14(2,3)17-13(15)16-11-7-10-12-8-5-4-6-9-12/h4-10H,11H2,1-3H3/b10-7-. The molecular formula is C14H18O3. The number of rotatable bonds is 3. The first-order valence-corrected chi connectivity index (χ1v) is 5.55. The van der Waals surface area contributed by atoms with Crippen molar-refractivity contribution < 1.29 is 14.3 Å². The maximum atomic E-state index is 11.2. The van der Waals surface area contributed by atoms with Gasteiger partial charge in [-0.2, -0.15) is 0 Å². The number of ether oxygens (including phenoxy) is 2. The van der Waals surface area contributed by atoms with Gasteiger partial charge in [0.25, 0.3) is 0 Å². The monoisotopic (exact) mass is 234 g/mol. The summed E-state index contributed by atoms with van der Waals surface area (Å²) in [6.07, 6.45) is 3.03. The summed E-state index contributed by atoms with van der Waals surface area (Å²) in [6.45, 7) is 5.61. The van der Waals surface area contributed by atoms with Crippen LogP contribution in [0.15, 0.2) is 36.4 Å². The van der Waals surface area contributed by atoms with Crippen molar-refractivity contribution in [3.05, 3.63) is 42.0 Å². The molecule has 0 heterocycles. The van der Waals surface area contributed by atoms with Gasteiger partial charge in [0, 0.05) is 0 Å². The van der Waals surface area contributed by atoms with Crippen molar-refractivity contribution >= 4 is 12.2 Å². The first kappa shape index (κ1) is 13.3. The largest absolute Gasteiger partial charge is 0.509 e. The highest BCUT2D eigenvalue weighted by Crippen LogP contribution is 2.08. The molecule has 0 fully saturated rings. The molecule has 0 unspecified atom stereocenters. The summed E-state index contributed by atoms with van der Waals surface area (Å²) in [5.74, 6) is 0. The van der Waals surface area contributed by atoms with Crippen molar-refractivity contribution in [2.24, 2.45) is 0 Å². The minimum atomic E-state index is -0.643. The second kappa shape index (κ2) is 6.09. The summed E-state index contributed by atoms with van der Waals surface area (Å²) in [6, 6.07) is 9.81.